The molecule has 0 amide bonds. The van der Waals surface area contributed by atoms with Crippen molar-refractivity contribution < 1.29 is 0 Å². The van der Waals surface area contributed by atoms with Crippen molar-refractivity contribution in [3.8, 4) is 0 Å². The van der Waals surface area contributed by atoms with Crippen molar-refractivity contribution in [1.29, 1.82) is 0 Å². The van der Waals surface area contributed by atoms with Gasteiger partial charge < -0.3 is 0 Å². The highest BCUT2D eigenvalue weighted by Gasteiger charge is 2.39. The average Bonchev–Trinajstić information content (AvgIpc) is 1.97. The molecule has 0 aromatic rings. The Morgan fingerprint density at radius 2 is 1.00 bits per heavy atom. The van der Waals surface area contributed by atoms with Gasteiger partial charge >= 0.3 is 0 Å². The lowest BCUT2D eigenvalue weighted by Crippen LogP contribution is -2.43. The van der Waals surface area contributed by atoms with Crippen LogP contribution in [0, 0.1) is 0 Å². The van der Waals surface area contributed by atoms with E-state index in [2.05, 4.69) is 79.6 Å². The van der Waals surface area contributed by atoms with Crippen molar-refractivity contribution in [1.82, 2.24) is 0 Å². The van der Waals surface area contributed by atoms with Crippen LogP contribution >= 0.6 is 79.6 Å². The zero-order valence-corrected chi connectivity index (χ0v) is 13.4. The van der Waals surface area contributed by atoms with Gasteiger partial charge in [-0.25, -0.2) is 0 Å². The first-order valence-corrected chi connectivity index (χ1v) is 7.82. The van der Waals surface area contributed by atoms with Crippen LogP contribution in [-0.4, -0.2) is 24.1 Å². The summed E-state index contributed by atoms with van der Waals surface area (Å²) in [6, 6.07) is 0. The number of rotatable bonds is 0. The van der Waals surface area contributed by atoms with Crippen LogP contribution in [0.4, 0.5) is 0 Å². The van der Waals surface area contributed by atoms with Crippen LogP contribution in [0.2, 0.25) is 0 Å². The van der Waals surface area contributed by atoms with Gasteiger partial charge in [0.25, 0.3) is 0 Å². The van der Waals surface area contributed by atoms with Gasteiger partial charge in [-0.15, -0.1) is 0 Å². The van der Waals surface area contributed by atoms with Crippen molar-refractivity contribution in [3.63, 3.8) is 0 Å². The van der Waals surface area contributed by atoms with Gasteiger partial charge in [0.15, 0.2) is 0 Å². The van der Waals surface area contributed by atoms with Crippen molar-refractivity contribution in [2.45, 2.75) is 30.6 Å². The predicted octanol–water partition coefficient (Wildman–Crippen LogP) is 4.21. The zero-order chi connectivity index (χ0) is 8.59. The second kappa shape index (κ2) is 4.76. The number of halogens is 5. The average molecular weight is 479 g/mol. The first-order chi connectivity index (χ1) is 5.04. The summed E-state index contributed by atoms with van der Waals surface area (Å²) in [5.41, 5.74) is 0. The molecule has 11 heavy (non-hydrogen) atoms. The van der Waals surface area contributed by atoms with Crippen LogP contribution in [0.15, 0.2) is 0 Å². The molecular formula is C6H7Br5. The molecule has 1 aliphatic rings. The number of alkyl halides is 5. The Balaban J connectivity index is 2.63. The summed E-state index contributed by atoms with van der Waals surface area (Å²) < 4.78 is 0. The molecule has 0 aliphatic heterocycles. The zero-order valence-electron chi connectivity index (χ0n) is 5.48. The van der Waals surface area contributed by atoms with Gasteiger partial charge in [-0.1, -0.05) is 79.6 Å². The van der Waals surface area contributed by atoms with Crippen LogP contribution in [0.25, 0.3) is 0 Å². The molecule has 0 bridgehead atoms. The van der Waals surface area contributed by atoms with E-state index in [-0.39, 0.29) is 0 Å². The molecule has 4 unspecified atom stereocenters. The van der Waals surface area contributed by atoms with E-state index in [9.17, 15) is 0 Å². The molecule has 1 saturated carbocycles. The minimum Gasteiger partial charge on any atom is -0.0878 e. The fourth-order valence-electron chi connectivity index (χ4n) is 1.05. The first kappa shape index (κ1) is 11.5. The Morgan fingerprint density at radius 1 is 0.636 bits per heavy atom. The van der Waals surface area contributed by atoms with Gasteiger partial charge in [0.05, 0.1) is 0 Å². The maximum absolute atomic E-state index is 3.65. The van der Waals surface area contributed by atoms with Gasteiger partial charge in [-0.3, -0.25) is 0 Å². The van der Waals surface area contributed by atoms with Gasteiger partial charge in [0, 0.05) is 24.1 Å². The fraction of sp³-hybridized carbons (Fsp3) is 1.00. The molecule has 0 radical (unpaired) electrons. The maximum Gasteiger partial charge on any atom is 0.0417 e. The second-order valence-electron chi connectivity index (χ2n) is 2.60. The highest BCUT2D eigenvalue weighted by Crippen LogP contribution is 2.40. The molecule has 66 valence electrons. The largest absolute Gasteiger partial charge is 0.0878 e. The molecule has 5 heteroatoms. The van der Waals surface area contributed by atoms with Crippen molar-refractivity contribution in [2.75, 3.05) is 0 Å². The highest BCUT2D eigenvalue weighted by atomic mass is 79.9. The van der Waals surface area contributed by atoms with Crippen LogP contribution in [0.3, 0.4) is 0 Å². The van der Waals surface area contributed by atoms with E-state index in [0.29, 0.717) is 24.1 Å². The molecule has 0 spiro atoms. The van der Waals surface area contributed by atoms with E-state index >= 15 is 0 Å². The summed E-state index contributed by atoms with van der Waals surface area (Å²) in [4.78, 5) is 2.57. The lowest BCUT2D eigenvalue weighted by molar-refractivity contribution is 0.593. The predicted molar refractivity (Wildman–Crippen MR) is 68.2 cm³/mol. The molecule has 4 atom stereocenters. The van der Waals surface area contributed by atoms with E-state index in [1.165, 1.54) is 0 Å². The third-order valence-electron chi connectivity index (χ3n) is 1.75. The van der Waals surface area contributed by atoms with Crippen LogP contribution in [0.5, 0.6) is 0 Å². The number of hydrogen-bond donors (Lipinski definition) is 0. The Kier molecular flexibility index (Phi) is 4.97. The van der Waals surface area contributed by atoms with Gasteiger partial charge in [-0.05, 0) is 6.42 Å². The third-order valence-corrected chi connectivity index (χ3v) is 10.0. The van der Waals surface area contributed by atoms with Crippen LogP contribution < -0.4 is 0 Å². The topological polar surface area (TPSA) is 0 Å². The van der Waals surface area contributed by atoms with Crippen molar-refractivity contribution in [2.24, 2.45) is 0 Å². The minimum atomic E-state index is 0.477. The lowest BCUT2D eigenvalue weighted by atomic mass is 10.0. The van der Waals surface area contributed by atoms with Gasteiger partial charge in [0.1, 0.15) is 0 Å². The Morgan fingerprint density at radius 3 is 1.36 bits per heavy atom. The fourth-order valence-corrected chi connectivity index (χ4v) is 6.07. The highest BCUT2D eigenvalue weighted by molar-refractivity contribution is 9.15. The first-order valence-electron chi connectivity index (χ1n) is 3.24. The monoisotopic (exact) mass is 474 g/mol. The van der Waals surface area contributed by atoms with E-state index < -0.39 is 0 Å². The SMILES string of the molecule is BrC1CC(Br)C(Br)C(Br)C1Br. The molecule has 0 N–H and O–H groups in total. The van der Waals surface area contributed by atoms with E-state index in [1.807, 2.05) is 0 Å². The summed E-state index contributed by atoms with van der Waals surface area (Å²) in [7, 11) is 0. The molecule has 0 heterocycles. The molecule has 1 fully saturated rings. The smallest absolute Gasteiger partial charge is 0.0417 e. The van der Waals surface area contributed by atoms with Crippen LogP contribution in [-0.2, 0) is 0 Å². The summed E-state index contributed by atoms with van der Waals surface area (Å²) >= 11 is 18.2. The molecule has 0 nitrogen and oxygen atoms in total. The van der Waals surface area contributed by atoms with Crippen LogP contribution in [0.1, 0.15) is 6.42 Å². The maximum atomic E-state index is 3.65. The Labute approximate surface area is 109 Å². The molecule has 0 aromatic carbocycles. The minimum absolute atomic E-state index is 0.477. The van der Waals surface area contributed by atoms with E-state index in [1.54, 1.807) is 0 Å². The van der Waals surface area contributed by atoms with Gasteiger partial charge in [-0.2, -0.15) is 0 Å². The summed E-state index contributed by atoms with van der Waals surface area (Å²) in [5.74, 6) is 0. The van der Waals surface area contributed by atoms with Crippen molar-refractivity contribution >= 4 is 79.6 Å². The standard InChI is InChI=1S/C6H7Br5/c7-2-1-3(8)5(10)6(11)4(2)9/h2-6H,1H2. The van der Waals surface area contributed by atoms with Gasteiger partial charge in [0.2, 0.25) is 0 Å². The van der Waals surface area contributed by atoms with E-state index in [4.69, 9.17) is 0 Å². The number of hydrogen-bond acceptors (Lipinski definition) is 0. The normalized spacial score (nSPS) is 52.6. The second-order valence-corrected chi connectivity index (χ2v) is 8.13. The molecule has 0 saturated heterocycles. The Bertz CT molecular complexity index is 125. The quantitative estimate of drug-likeness (QED) is 0.458. The summed E-state index contributed by atoms with van der Waals surface area (Å²) in [6.45, 7) is 0. The Hall–Kier alpha value is 2.40. The molecule has 0 aromatic heterocycles. The third kappa shape index (κ3) is 2.67. The summed E-state index contributed by atoms with van der Waals surface area (Å²) in [6.07, 6.45) is 1.15. The lowest BCUT2D eigenvalue weighted by Gasteiger charge is -2.35. The molecular weight excluding hydrogens is 472 g/mol. The molecule has 1 rings (SSSR count). The molecule has 1 aliphatic carbocycles. The van der Waals surface area contributed by atoms with E-state index in [0.717, 1.165) is 6.42 Å². The summed E-state index contributed by atoms with van der Waals surface area (Å²) in [5, 5.41) is 0. The van der Waals surface area contributed by atoms with Crippen molar-refractivity contribution in [3.05, 3.63) is 0 Å².